The number of nitrogens with zero attached hydrogens (tertiary/aromatic N) is 1. The number of hydrogen-bond acceptors (Lipinski definition) is 4. The van der Waals surface area contributed by atoms with Crippen LogP contribution in [0.25, 0.3) is 10.9 Å². The van der Waals surface area contributed by atoms with Crippen LogP contribution in [0.15, 0.2) is 54.7 Å². The fourth-order valence-electron chi connectivity index (χ4n) is 2.21. The zero-order chi connectivity index (χ0) is 15.7. The summed E-state index contributed by atoms with van der Waals surface area (Å²) in [6.45, 7) is 0. The minimum absolute atomic E-state index is 0.0981. The van der Waals surface area contributed by atoms with Crippen molar-refractivity contribution >= 4 is 22.7 Å². The second-order valence-electron chi connectivity index (χ2n) is 4.78. The van der Waals surface area contributed by atoms with E-state index in [0.717, 1.165) is 5.39 Å². The van der Waals surface area contributed by atoms with Crippen LogP contribution in [-0.4, -0.2) is 26.9 Å². The van der Waals surface area contributed by atoms with Gasteiger partial charge in [-0.2, -0.15) is 0 Å². The van der Waals surface area contributed by atoms with Crippen molar-refractivity contribution in [3.8, 4) is 5.75 Å². The lowest BCUT2D eigenvalue weighted by Gasteiger charge is -2.06. The normalized spacial score (nSPS) is 10.5. The fourth-order valence-corrected chi connectivity index (χ4v) is 2.21. The fraction of sp³-hybridized carbons (Fsp3) is 0. The number of carboxylic acids is 1. The number of ketones is 1. The Balaban J connectivity index is 2.04. The summed E-state index contributed by atoms with van der Waals surface area (Å²) in [4.78, 5) is 27.4. The summed E-state index contributed by atoms with van der Waals surface area (Å²) in [5.74, 6) is -1.58. The number of fused-ring (bicyclic) bond motifs is 1. The number of benzene rings is 2. The predicted molar refractivity (Wildman–Crippen MR) is 80.2 cm³/mol. The van der Waals surface area contributed by atoms with Crippen LogP contribution in [0, 0.1) is 0 Å². The van der Waals surface area contributed by atoms with E-state index in [1.165, 1.54) is 36.4 Å². The number of aromatic carboxylic acids is 1. The van der Waals surface area contributed by atoms with Crippen molar-refractivity contribution in [1.82, 2.24) is 4.98 Å². The monoisotopic (exact) mass is 293 g/mol. The second-order valence-corrected chi connectivity index (χ2v) is 4.78. The number of hydrogen-bond donors (Lipinski definition) is 2. The first-order valence-electron chi connectivity index (χ1n) is 6.52. The molecule has 0 saturated heterocycles. The third kappa shape index (κ3) is 2.40. The lowest BCUT2D eigenvalue weighted by Crippen LogP contribution is -2.03. The molecule has 0 radical (unpaired) electrons. The van der Waals surface area contributed by atoms with Gasteiger partial charge in [-0.25, -0.2) is 4.79 Å². The van der Waals surface area contributed by atoms with E-state index in [2.05, 4.69) is 4.98 Å². The van der Waals surface area contributed by atoms with Gasteiger partial charge in [0, 0.05) is 17.1 Å². The number of pyridine rings is 1. The van der Waals surface area contributed by atoms with Crippen LogP contribution in [0.5, 0.6) is 5.75 Å². The molecule has 108 valence electrons. The molecule has 5 heteroatoms. The minimum atomic E-state index is -1.06. The van der Waals surface area contributed by atoms with E-state index in [1.54, 1.807) is 18.3 Å². The molecular formula is C17H11NO4. The topological polar surface area (TPSA) is 87.5 Å². The number of aromatic nitrogens is 1. The molecule has 0 aliphatic rings. The van der Waals surface area contributed by atoms with Gasteiger partial charge in [0.05, 0.1) is 16.6 Å². The van der Waals surface area contributed by atoms with E-state index in [-0.39, 0.29) is 22.7 Å². The highest BCUT2D eigenvalue weighted by Crippen LogP contribution is 2.26. The Morgan fingerprint density at radius 3 is 2.32 bits per heavy atom. The molecule has 0 bridgehead atoms. The molecule has 0 amide bonds. The van der Waals surface area contributed by atoms with Crippen LogP contribution in [0.3, 0.4) is 0 Å². The van der Waals surface area contributed by atoms with Gasteiger partial charge >= 0.3 is 5.97 Å². The molecule has 0 aliphatic carbocycles. The first-order chi connectivity index (χ1) is 10.6. The highest BCUT2D eigenvalue weighted by molar-refractivity contribution is 6.12. The first-order valence-corrected chi connectivity index (χ1v) is 6.52. The van der Waals surface area contributed by atoms with Crippen LogP contribution < -0.4 is 0 Å². The van der Waals surface area contributed by atoms with Crippen LogP contribution in [-0.2, 0) is 0 Å². The molecule has 22 heavy (non-hydrogen) atoms. The highest BCUT2D eigenvalue weighted by atomic mass is 16.4. The highest BCUT2D eigenvalue weighted by Gasteiger charge is 2.15. The Kier molecular flexibility index (Phi) is 3.31. The Morgan fingerprint density at radius 1 is 0.955 bits per heavy atom. The molecule has 0 spiro atoms. The van der Waals surface area contributed by atoms with Gasteiger partial charge in [0.1, 0.15) is 5.75 Å². The maximum Gasteiger partial charge on any atom is 0.335 e. The van der Waals surface area contributed by atoms with Gasteiger partial charge in [-0.3, -0.25) is 9.78 Å². The summed E-state index contributed by atoms with van der Waals surface area (Å²) >= 11 is 0. The van der Waals surface area contributed by atoms with E-state index in [4.69, 9.17) is 5.11 Å². The first kappa shape index (κ1) is 13.8. The molecule has 0 atom stereocenters. The van der Waals surface area contributed by atoms with Crippen LogP contribution in [0.4, 0.5) is 0 Å². The number of carbonyl (C=O) groups is 2. The molecule has 0 unspecified atom stereocenters. The SMILES string of the molecule is O=C(O)c1ccc(C(=O)c2cc3ncccc3cc2O)cc1. The average Bonchev–Trinajstić information content (AvgIpc) is 2.53. The molecule has 0 saturated carbocycles. The molecule has 1 heterocycles. The van der Waals surface area contributed by atoms with Crippen LogP contribution in [0.2, 0.25) is 0 Å². The van der Waals surface area contributed by atoms with Crippen LogP contribution >= 0.6 is 0 Å². The van der Waals surface area contributed by atoms with E-state index < -0.39 is 5.97 Å². The number of phenolic OH excluding ortho intramolecular Hbond substituents is 1. The molecule has 2 N–H and O–H groups in total. The minimum Gasteiger partial charge on any atom is -0.507 e. The van der Waals surface area contributed by atoms with Crippen molar-refractivity contribution in [3.05, 3.63) is 71.4 Å². The number of carbonyl (C=O) groups excluding carboxylic acids is 1. The van der Waals surface area contributed by atoms with E-state index in [1.807, 2.05) is 0 Å². The molecule has 5 nitrogen and oxygen atoms in total. The van der Waals surface area contributed by atoms with Gasteiger partial charge in [0.25, 0.3) is 0 Å². The van der Waals surface area contributed by atoms with Gasteiger partial charge in [0.2, 0.25) is 0 Å². The van der Waals surface area contributed by atoms with Gasteiger partial charge in [-0.15, -0.1) is 0 Å². The van der Waals surface area contributed by atoms with E-state index >= 15 is 0 Å². The Hall–Kier alpha value is -3.21. The standard InChI is InChI=1S/C17H11NO4/c19-15-8-12-2-1-7-18-14(12)9-13(15)16(20)10-3-5-11(6-4-10)17(21)22/h1-9,19H,(H,21,22). The summed E-state index contributed by atoms with van der Waals surface area (Å²) in [6.07, 6.45) is 1.61. The zero-order valence-corrected chi connectivity index (χ0v) is 11.4. The van der Waals surface area contributed by atoms with Crippen molar-refractivity contribution in [2.24, 2.45) is 0 Å². The summed E-state index contributed by atoms with van der Waals surface area (Å²) in [5.41, 5.74) is 1.14. The van der Waals surface area contributed by atoms with Gasteiger partial charge < -0.3 is 10.2 Å². The van der Waals surface area contributed by atoms with Crippen molar-refractivity contribution < 1.29 is 19.8 Å². The Bertz CT molecular complexity index is 885. The lowest BCUT2D eigenvalue weighted by molar-refractivity contribution is 0.0696. The molecule has 2 aromatic carbocycles. The predicted octanol–water partition coefficient (Wildman–Crippen LogP) is 2.87. The van der Waals surface area contributed by atoms with E-state index in [0.29, 0.717) is 11.1 Å². The van der Waals surface area contributed by atoms with E-state index in [9.17, 15) is 14.7 Å². The Morgan fingerprint density at radius 2 is 1.64 bits per heavy atom. The molecule has 3 aromatic rings. The second kappa shape index (κ2) is 5.29. The summed E-state index contributed by atoms with van der Waals surface area (Å²) in [6, 6.07) is 12.1. The number of rotatable bonds is 3. The lowest BCUT2D eigenvalue weighted by atomic mass is 10.00. The average molecular weight is 293 g/mol. The van der Waals surface area contributed by atoms with Crippen molar-refractivity contribution in [2.45, 2.75) is 0 Å². The molecule has 0 fully saturated rings. The Labute approximate surface area is 125 Å². The molecular weight excluding hydrogens is 282 g/mol. The largest absolute Gasteiger partial charge is 0.507 e. The van der Waals surface area contributed by atoms with Crippen molar-refractivity contribution in [2.75, 3.05) is 0 Å². The summed E-state index contributed by atoms with van der Waals surface area (Å²) in [7, 11) is 0. The number of carboxylic acid groups (broad SMARTS) is 1. The zero-order valence-electron chi connectivity index (χ0n) is 11.4. The summed E-state index contributed by atoms with van der Waals surface area (Å²) < 4.78 is 0. The third-order valence-corrected chi connectivity index (χ3v) is 3.36. The quantitative estimate of drug-likeness (QED) is 0.725. The summed E-state index contributed by atoms with van der Waals surface area (Å²) in [5, 5.41) is 19.6. The third-order valence-electron chi connectivity index (χ3n) is 3.36. The number of aromatic hydroxyl groups is 1. The van der Waals surface area contributed by atoms with Gasteiger partial charge in [-0.1, -0.05) is 18.2 Å². The van der Waals surface area contributed by atoms with Gasteiger partial charge in [0.15, 0.2) is 5.78 Å². The smallest absolute Gasteiger partial charge is 0.335 e. The number of phenols is 1. The maximum atomic E-state index is 12.5. The van der Waals surface area contributed by atoms with Crippen molar-refractivity contribution in [3.63, 3.8) is 0 Å². The maximum absolute atomic E-state index is 12.5. The van der Waals surface area contributed by atoms with Crippen molar-refractivity contribution in [1.29, 1.82) is 0 Å². The van der Waals surface area contributed by atoms with Gasteiger partial charge in [-0.05, 0) is 30.3 Å². The molecule has 0 aliphatic heterocycles. The van der Waals surface area contributed by atoms with Crippen LogP contribution in [0.1, 0.15) is 26.3 Å². The molecule has 3 rings (SSSR count). The molecule has 1 aromatic heterocycles.